The first kappa shape index (κ1) is 18.1. The third-order valence-corrected chi connectivity index (χ3v) is 4.27. The molecule has 1 aromatic rings. The maximum Gasteiger partial charge on any atom is 0.326 e. The van der Waals surface area contributed by atoms with Crippen LogP contribution in [0.1, 0.15) is 38.1 Å². The highest BCUT2D eigenvalue weighted by atomic mass is 32.2. The Morgan fingerprint density at radius 2 is 1.95 bits per heavy atom. The Labute approximate surface area is 128 Å². The highest BCUT2D eigenvalue weighted by molar-refractivity contribution is 7.90. The first-order chi connectivity index (χ1) is 10.3. The molecule has 0 unspecified atom stereocenters. The summed E-state index contributed by atoms with van der Waals surface area (Å²) in [6.07, 6.45) is 7.21. The minimum Gasteiger partial charge on any atom is -0.471 e. The van der Waals surface area contributed by atoms with Crippen molar-refractivity contribution in [3.05, 3.63) is 16.3 Å². The molecule has 1 aliphatic rings. The van der Waals surface area contributed by atoms with E-state index in [1.807, 2.05) is 0 Å². The van der Waals surface area contributed by atoms with Crippen LogP contribution in [0.25, 0.3) is 0 Å². The summed E-state index contributed by atoms with van der Waals surface area (Å²) in [4.78, 5) is 19.1. The van der Waals surface area contributed by atoms with Crippen LogP contribution in [0.15, 0.2) is 11.2 Å². The van der Waals surface area contributed by atoms with Crippen molar-refractivity contribution in [3.8, 4) is 0 Å². The normalized spacial score (nSPS) is 15.5. The molecule has 0 bridgehead atoms. The average molecular weight is 333 g/mol. The second kappa shape index (κ2) is 7.87. The summed E-state index contributed by atoms with van der Waals surface area (Å²) in [5, 5.41) is 14.3. The molecule has 9 nitrogen and oxygen atoms in total. The van der Waals surface area contributed by atoms with Crippen molar-refractivity contribution in [1.82, 2.24) is 9.78 Å². The van der Waals surface area contributed by atoms with Crippen molar-refractivity contribution in [2.45, 2.75) is 43.2 Å². The van der Waals surface area contributed by atoms with Crippen molar-refractivity contribution in [2.24, 2.45) is 0 Å². The van der Waals surface area contributed by atoms with Crippen molar-refractivity contribution < 1.29 is 22.9 Å². The summed E-state index contributed by atoms with van der Waals surface area (Å²) in [6, 6.07) is 0.0768. The molecule has 10 heteroatoms. The van der Waals surface area contributed by atoms with Crippen molar-refractivity contribution in [1.29, 1.82) is 0 Å². The number of aromatic nitrogens is 2. The standard InChI is InChI=1S/C10H15N3O4S.C2H4O2/c1-18(16,17)10-9(13(14)15)7-12(11-10)8-5-3-2-4-6-8;1-4-2-3/h7-8H,2-6H2,1H3;2H,1H3. The van der Waals surface area contributed by atoms with Gasteiger partial charge in [-0.25, -0.2) is 8.42 Å². The fraction of sp³-hybridized carbons (Fsp3) is 0.667. The number of carbonyl (C=O) groups is 1. The zero-order valence-corrected chi connectivity index (χ0v) is 13.3. The van der Waals surface area contributed by atoms with E-state index in [4.69, 9.17) is 4.79 Å². The molecule has 0 atom stereocenters. The summed E-state index contributed by atoms with van der Waals surface area (Å²) in [5.41, 5.74) is -0.428. The Kier molecular flexibility index (Phi) is 6.47. The van der Waals surface area contributed by atoms with Crippen LogP contribution < -0.4 is 0 Å². The SMILES string of the molecule is COC=O.CS(=O)(=O)c1nn(C2CCCCC2)cc1[N+](=O)[O-]. The van der Waals surface area contributed by atoms with Gasteiger partial charge in [-0.2, -0.15) is 5.10 Å². The molecule has 1 fully saturated rings. The van der Waals surface area contributed by atoms with Gasteiger partial charge in [-0.1, -0.05) is 19.3 Å². The molecule has 0 N–H and O–H groups in total. The van der Waals surface area contributed by atoms with Crippen LogP contribution in [0, 0.1) is 10.1 Å². The van der Waals surface area contributed by atoms with Crippen molar-refractivity contribution in [3.63, 3.8) is 0 Å². The number of nitrogens with zero attached hydrogens (tertiary/aromatic N) is 3. The Hall–Kier alpha value is -1.97. The Balaban J connectivity index is 0.000000541. The van der Waals surface area contributed by atoms with E-state index in [2.05, 4.69) is 9.84 Å². The second-order valence-corrected chi connectivity index (χ2v) is 6.88. The summed E-state index contributed by atoms with van der Waals surface area (Å²) in [5.74, 6) is 0. The van der Waals surface area contributed by atoms with E-state index in [1.54, 1.807) is 0 Å². The Bertz CT molecular complexity index is 619. The average Bonchev–Trinajstić information content (AvgIpc) is 2.94. The molecule has 0 aliphatic heterocycles. The first-order valence-electron chi connectivity index (χ1n) is 6.71. The van der Waals surface area contributed by atoms with E-state index in [1.165, 1.54) is 18.0 Å². The van der Waals surface area contributed by atoms with Crippen LogP contribution in [0.2, 0.25) is 0 Å². The van der Waals surface area contributed by atoms with Gasteiger partial charge in [0.1, 0.15) is 6.20 Å². The maximum atomic E-state index is 11.5. The monoisotopic (exact) mass is 333 g/mol. The predicted molar refractivity (Wildman–Crippen MR) is 77.2 cm³/mol. The van der Waals surface area contributed by atoms with Crippen LogP contribution in [-0.2, 0) is 19.4 Å². The summed E-state index contributed by atoms with van der Waals surface area (Å²) >= 11 is 0. The van der Waals surface area contributed by atoms with Gasteiger partial charge in [-0.05, 0) is 12.8 Å². The fourth-order valence-electron chi connectivity index (χ4n) is 2.29. The number of methoxy groups -OCH3 is 1. The van der Waals surface area contributed by atoms with Gasteiger partial charge in [0.25, 0.3) is 11.5 Å². The zero-order valence-electron chi connectivity index (χ0n) is 12.5. The Morgan fingerprint density at radius 1 is 1.41 bits per heavy atom. The molecule has 124 valence electrons. The summed E-state index contributed by atoms with van der Waals surface area (Å²) in [7, 11) is -2.36. The van der Waals surface area contributed by atoms with Crippen molar-refractivity contribution in [2.75, 3.05) is 13.4 Å². The van der Waals surface area contributed by atoms with Gasteiger partial charge in [-0.15, -0.1) is 0 Å². The van der Waals surface area contributed by atoms with Gasteiger partial charge in [0.2, 0.25) is 9.84 Å². The third-order valence-electron chi connectivity index (χ3n) is 3.27. The third kappa shape index (κ3) is 4.79. The molecular formula is C12H19N3O6S. The van der Waals surface area contributed by atoms with Crippen LogP contribution >= 0.6 is 0 Å². The van der Waals surface area contributed by atoms with Crippen molar-refractivity contribution >= 4 is 22.0 Å². The van der Waals surface area contributed by atoms with Crippen LogP contribution in [0.4, 0.5) is 5.69 Å². The van der Waals surface area contributed by atoms with Gasteiger partial charge in [-0.3, -0.25) is 19.6 Å². The maximum absolute atomic E-state index is 11.5. The molecule has 1 saturated carbocycles. The topological polar surface area (TPSA) is 121 Å². The molecule has 0 amide bonds. The molecule has 0 aromatic carbocycles. The molecule has 2 rings (SSSR count). The summed E-state index contributed by atoms with van der Waals surface area (Å²) < 4.78 is 28.3. The molecular weight excluding hydrogens is 314 g/mol. The lowest BCUT2D eigenvalue weighted by Gasteiger charge is -2.21. The number of sulfone groups is 1. The lowest BCUT2D eigenvalue weighted by atomic mass is 9.96. The van der Waals surface area contributed by atoms with Crippen LogP contribution in [0.3, 0.4) is 0 Å². The fourth-order valence-corrected chi connectivity index (χ4v) is 3.04. The highest BCUT2D eigenvalue weighted by Gasteiger charge is 2.29. The smallest absolute Gasteiger partial charge is 0.326 e. The number of rotatable bonds is 4. The molecule has 22 heavy (non-hydrogen) atoms. The number of ether oxygens (including phenoxy) is 1. The van der Waals surface area contributed by atoms with Crippen LogP contribution in [-0.4, -0.2) is 43.0 Å². The van der Waals surface area contributed by atoms with E-state index >= 15 is 0 Å². The van der Waals surface area contributed by atoms with Crippen LogP contribution in [0.5, 0.6) is 0 Å². The van der Waals surface area contributed by atoms with E-state index in [9.17, 15) is 18.5 Å². The minimum atomic E-state index is -3.67. The van der Waals surface area contributed by atoms with Gasteiger partial charge >= 0.3 is 5.69 Å². The lowest BCUT2D eigenvalue weighted by molar-refractivity contribution is -0.387. The quantitative estimate of drug-likeness (QED) is 0.465. The largest absolute Gasteiger partial charge is 0.471 e. The lowest BCUT2D eigenvalue weighted by Crippen LogP contribution is -2.13. The van der Waals surface area contributed by atoms with E-state index in [-0.39, 0.29) is 6.04 Å². The zero-order chi connectivity index (χ0) is 16.8. The van der Waals surface area contributed by atoms with Gasteiger partial charge in [0.05, 0.1) is 18.1 Å². The van der Waals surface area contributed by atoms with E-state index in [0.29, 0.717) is 6.47 Å². The molecule has 1 aliphatic carbocycles. The number of hydrogen-bond donors (Lipinski definition) is 0. The molecule has 0 radical (unpaired) electrons. The molecule has 0 spiro atoms. The summed E-state index contributed by atoms with van der Waals surface area (Å²) in [6.45, 7) is 0.375. The molecule has 1 aromatic heterocycles. The molecule has 0 saturated heterocycles. The van der Waals surface area contributed by atoms with Gasteiger partial charge in [0.15, 0.2) is 0 Å². The predicted octanol–water partition coefficient (Wildman–Crippen LogP) is 1.49. The first-order valence-corrected chi connectivity index (χ1v) is 8.60. The number of carbonyl (C=O) groups excluding carboxylic acids is 1. The highest BCUT2D eigenvalue weighted by Crippen LogP contribution is 2.31. The number of nitro groups is 1. The van der Waals surface area contributed by atoms with Gasteiger partial charge in [0, 0.05) is 6.26 Å². The Morgan fingerprint density at radius 3 is 2.32 bits per heavy atom. The van der Waals surface area contributed by atoms with Gasteiger partial charge < -0.3 is 4.74 Å². The van der Waals surface area contributed by atoms with E-state index < -0.39 is 25.5 Å². The second-order valence-electron chi connectivity index (χ2n) is 4.95. The van der Waals surface area contributed by atoms with E-state index in [0.717, 1.165) is 38.4 Å². The number of hydrogen-bond acceptors (Lipinski definition) is 7. The minimum absolute atomic E-state index is 0.0768. The molecule has 1 heterocycles.